The van der Waals surface area contributed by atoms with Crippen molar-refractivity contribution in [2.45, 2.75) is 38.7 Å². The number of hydrogen-bond donors (Lipinski definition) is 1. The van der Waals surface area contributed by atoms with E-state index >= 15 is 0 Å². The van der Waals surface area contributed by atoms with Gasteiger partial charge in [-0.2, -0.15) is 13.2 Å². The molecule has 1 N–H and O–H groups in total. The highest BCUT2D eigenvalue weighted by Gasteiger charge is 2.46. The molecule has 2 heterocycles. The number of halogens is 4. The molecular weight excluding hydrogens is 514 g/mol. The Morgan fingerprint density at radius 1 is 1.22 bits per heavy atom. The first kappa shape index (κ1) is 27.2. The summed E-state index contributed by atoms with van der Waals surface area (Å²) < 4.78 is 87.6. The van der Waals surface area contributed by atoms with Gasteiger partial charge >= 0.3 is 18.4 Å². The fourth-order valence-corrected chi connectivity index (χ4v) is 4.73. The lowest BCUT2D eigenvalue weighted by Gasteiger charge is -2.27. The number of rotatable bonds is 5. The van der Waals surface area contributed by atoms with E-state index in [0.29, 0.717) is 6.20 Å². The second-order valence-electron chi connectivity index (χ2n) is 8.97. The fraction of sp³-hybridized carbons (Fsp3) is 0.476. The molecule has 2 aliphatic rings. The van der Waals surface area contributed by atoms with Crippen LogP contribution in [-0.4, -0.2) is 69.7 Å². The van der Waals surface area contributed by atoms with Crippen molar-refractivity contribution in [3.63, 3.8) is 0 Å². The first-order valence-corrected chi connectivity index (χ1v) is 12.2. The summed E-state index contributed by atoms with van der Waals surface area (Å²) in [5, 5.41) is 2.46. The molecule has 0 aliphatic carbocycles. The van der Waals surface area contributed by atoms with Crippen molar-refractivity contribution in [3.05, 3.63) is 35.1 Å². The minimum absolute atomic E-state index is 0.0422. The van der Waals surface area contributed by atoms with Gasteiger partial charge in [-0.1, -0.05) is 0 Å². The predicted octanol–water partition coefficient (Wildman–Crippen LogP) is 2.88. The maximum atomic E-state index is 14.9. The van der Waals surface area contributed by atoms with Gasteiger partial charge in [-0.15, -0.1) is 0 Å². The number of allylic oxidation sites excluding steroid dienone is 1. The van der Waals surface area contributed by atoms with E-state index in [2.05, 4.69) is 5.32 Å². The number of cyclic esters (lactones) is 1. The van der Waals surface area contributed by atoms with Crippen LogP contribution in [0.1, 0.15) is 20.8 Å². The number of alkyl carbamates (subject to hydrolysis) is 1. The number of ether oxygens (including phenoxy) is 2. The number of benzene rings is 1. The number of anilines is 2. The Morgan fingerprint density at radius 2 is 1.89 bits per heavy atom. The normalized spacial score (nSPS) is 20.0. The third-order valence-electron chi connectivity index (χ3n) is 4.99. The van der Waals surface area contributed by atoms with Crippen LogP contribution >= 0.6 is 0 Å². The van der Waals surface area contributed by atoms with E-state index in [1.165, 1.54) is 6.07 Å². The number of Topliss-reactive ketones (excluding diaryl/α,β-unsaturated/α-hetero) is 1. The Bertz CT molecular complexity index is 1210. The summed E-state index contributed by atoms with van der Waals surface area (Å²) >= 11 is 0. The third-order valence-corrected chi connectivity index (χ3v) is 6.67. The molecule has 2 amide bonds. The first-order chi connectivity index (χ1) is 16.5. The van der Waals surface area contributed by atoms with E-state index in [1.807, 2.05) is 0 Å². The van der Waals surface area contributed by atoms with E-state index in [-0.39, 0.29) is 24.5 Å². The molecule has 0 aromatic heterocycles. The summed E-state index contributed by atoms with van der Waals surface area (Å²) in [5.74, 6) is -4.35. The summed E-state index contributed by atoms with van der Waals surface area (Å²) in [6.45, 7) is 4.53. The van der Waals surface area contributed by atoms with E-state index in [4.69, 9.17) is 9.47 Å². The van der Waals surface area contributed by atoms with Crippen molar-refractivity contribution < 1.29 is 49.8 Å². The molecule has 0 saturated carbocycles. The van der Waals surface area contributed by atoms with E-state index in [0.717, 1.165) is 21.9 Å². The van der Waals surface area contributed by atoms with Gasteiger partial charge in [-0.3, -0.25) is 9.69 Å². The van der Waals surface area contributed by atoms with Crippen LogP contribution < -0.4 is 15.1 Å². The van der Waals surface area contributed by atoms with Crippen molar-refractivity contribution in [1.29, 1.82) is 0 Å². The number of amides is 2. The Hall–Kier alpha value is -3.36. The minimum Gasteiger partial charge on any atom is -0.444 e. The zero-order valence-electron chi connectivity index (χ0n) is 19.4. The molecule has 1 saturated heterocycles. The van der Waals surface area contributed by atoms with Gasteiger partial charge in [0.2, 0.25) is 0 Å². The Labute approximate surface area is 203 Å². The molecule has 1 aromatic rings. The molecule has 3 rings (SSSR count). The van der Waals surface area contributed by atoms with Crippen molar-refractivity contribution in [3.8, 4) is 0 Å². The quantitative estimate of drug-likeness (QED) is 0.569. The van der Waals surface area contributed by atoms with Crippen LogP contribution in [0.4, 0.5) is 38.5 Å². The molecule has 1 aromatic carbocycles. The minimum atomic E-state index is -5.42. The molecule has 0 spiro atoms. The summed E-state index contributed by atoms with van der Waals surface area (Å²) in [4.78, 5) is 36.1. The van der Waals surface area contributed by atoms with Gasteiger partial charge in [0.1, 0.15) is 22.4 Å². The lowest BCUT2D eigenvalue weighted by Crippen LogP contribution is -2.38. The van der Waals surface area contributed by atoms with Gasteiger partial charge < -0.3 is 19.7 Å². The largest absolute Gasteiger partial charge is 0.455 e. The number of alkyl halides is 3. The first-order valence-electron chi connectivity index (χ1n) is 10.6. The molecule has 10 nitrogen and oxygen atoms in total. The number of nitrogens with zero attached hydrogens (tertiary/aromatic N) is 2. The summed E-state index contributed by atoms with van der Waals surface area (Å²) in [6, 6.07) is 3.34. The van der Waals surface area contributed by atoms with E-state index in [1.54, 1.807) is 20.8 Å². The van der Waals surface area contributed by atoms with Crippen molar-refractivity contribution in [2.75, 3.05) is 35.2 Å². The Kier molecular flexibility index (Phi) is 7.26. The molecule has 1 unspecified atom stereocenters. The molecule has 0 radical (unpaired) electrons. The van der Waals surface area contributed by atoms with Crippen LogP contribution in [0, 0.1) is 5.82 Å². The van der Waals surface area contributed by atoms with Gasteiger partial charge in [-0.25, -0.2) is 22.4 Å². The maximum absolute atomic E-state index is 14.9. The SMILES string of the molecule is CC(C)(C)OC(=O)NCC1CN(c2ccc(N3C=C(C(=O)C(F)(F)F)S(=O)(=O)CC3)c(F)c2)C(=O)O1. The van der Waals surface area contributed by atoms with Gasteiger partial charge in [-0.05, 0) is 39.0 Å². The number of carbonyl (C=O) groups is 3. The number of carbonyl (C=O) groups excluding carboxylic acids is 3. The topological polar surface area (TPSA) is 122 Å². The third kappa shape index (κ3) is 6.25. The number of hydrogen-bond acceptors (Lipinski definition) is 8. The molecule has 198 valence electrons. The van der Waals surface area contributed by atoms with E-state index < -0.39 is 68.7 Å². The number of ketones is 1. The fourth-order valence-electron chi connectivity index (χ4n) is 3.39. The molecule has 15 heteroatoms. The Balaban J connectivity index is 1.74. The van der Waals surface area contributed by atoms with Crippen LogP contribution in [0.2, 0.25) is 0 Å². The van der Waals surface area contributed by atoms with Crippen LogP contribution in [0.15, 0.2) is 29.3 Å². The van der Waals surface area contributed by atoms with Crippen molar-refractivity contribution in [1.82, 2.24) is 5.32 Å². The maximum Gasteiger partial charge on any atom is 0.455 e. The van der Waals surface area contributed by atoms with Crippen LogP contribution in [0.3, 0.4) is 0 Å². The van der Waals surface area contributed by atoms with Gasteiger partial charge in [0.25, 0.3) is 5.78 Å². The highest BCUT2D eigenvalue weighted by Crippen LogP contribution is 2.32. The molecule has 2 aliphatic heterocycles. The predicted molar refractivity (Wildman–Crippen MR) is 119 cm³/mol. The summed E-state index contributed by atoms with van der Waals surface area (Å²) in [6.07, 6.45) is -7.27. The Morgan fingerprint density at radius 3 is 2.47 bits per heavy atom. The molecule has 0 bridgehead atoms. The average Bonchev–Trinajstić information content (AvgIpc) is 3.10. The van der Waals surface area contributed by atoms with E-state index in [9.17, 15) is 40.4 Å². The monoisotopic (exact) mass is 537 g/mol. The lowest BCUT2D eigenvalue weighted by atomic mass is 10.2. The van der Waals surface area contributed by atoms with Gasteiger partial charge in [0.05, 0.1) is 30.2 Å². The highest BCUT2D eigenvalue weighted by molar-refractivity contribution is 7.96. The zero-order valence-corrected chi connectivity index (χ0v) is 20.2. The average molecular weight is 537 g/mol. The second kappa shape index (κ2) is 9.59. The standard InChI is InChI=1S/C21H23F4N3O7S/c1-20(2,3)35-18(30)26-9-13-10-28(19(31)34-13)12-4-5-15(14(22)8-12)27-6-7-36(32,33)16(11-27)17(29)21(23,24)25/h4-5,8,11,13H,6-7,9-10H2,1-3H3,(H,26,30). The van der Waals surface area contributed by atoms with Crippen molar-refractivity contribution in [2.24, 2.45) is 0 Å². The molecule has 1 fully saturated rings. The zero-order chi connectivity index (χ0) is 27.1. The molecule has 36 heavy (non-hydrogen) atoms. The summed E-state index contributed by atoms with van der Waals surface area (Å²) in [7, 11) is -4.50. The van der Waals surface area contributed by atoms with Gasteiger partial charge in [0.15, 0.2) is 9.84 Å². The van der Waals surface area contributed by atoms with Crippen molar-refractivity contribution >= 4 is 39.2 Å². The molecule has 1 atom stereocenters. The highest BCUT2D eigenvalue weighted by atomic mass is 32.2. The summed E-state index contributed by atoms with van der Waals surface area (Å²) in [5.41, 5.74) is -0.964. The lowest BCUT2D eigenvalue weighted by molar-refractivity contribution is -0.165. The van der Waals surface area contributed by atoms with Gasteiger partial charge in [0, 0.05) is 12.7 Å². The second-order valence-corrected chi connectivity index (χ2v) is 11.0. The molecular formula is C21H23F4N3O7S. The number of nitrogens with one attached hydrogen (secondary N) is 1. The van der Waals surface area contributed by atoms with Crippen LogP contribution in [-0.2, 0) is 24.1 Å². The smallest absolute Gasteiger partial charge is 0.444 e. The number of sulfone groups is 1. The van der Waals surface area contributed by atoms with Crippen LogP contribution in [0.5, 0.6) is 0 Å². The van der Waals surface area contributed by atoms with Crippen LogP contribution in [0.25, 0.3) is 0 Å².